The third-order valence-electron chi connectivity index (χ3n) is 2.78. The highest BCUT2D eigenvalue weighted by molar-refractivity contribution is 14.1. The molecule has 0 aliphatic carbocycles. The van der Waals surface area contributed by atoms with E-state index < -0.39 is 5.60 Å². The summed E-state index contributed by atoms with van der Waals surface area (Å²) in [5, 5.41) is 13.3. The summed E-state index contributed by atoms with van der Waals surface area (Å²) in [6.45, 7) is 4.64. The molecule has 1 aromatic rings. The Balaban J connectivity index is 2.53. The molecule has 0 aliphatic rings. The smallest absolute Gasteiger partial charge is 0.0814 e. The fourth-order valence-corrected chi connectivity index (χ4v) is 1.69. The lowest BCUT2D eigenvalue weighted by molar-refractivity contribution is 0.0457. The topological polar surface area (TPSA) is 32.3 Å². The minimum atomic E-state index is -0.580. The van der Waals surface area contributed by atoms with Crippen LogP contribution in [-0.2, 0) is 0 Å². The molecule has 0 saturated heterocycles. The summed E-state index contributed by atoms with van der Waals surface area (Å²) >= 11 is 2.28. The molecule has 3 heteroatoms. The summed E-state index contributed by atoms with van der Waals surface area (Å²) in [5.41, 5.74) is 0.485. The molecule has 0 atom stereocenters. The molecular formula is C12H18INO. The van der Waals surface area contributed by atoms with Gasteiger partial charge in [0.2, 0.25) is 0 Å². The number of hydrogen-bond acceptors (Lipinski definition) is 2. The predicted molar refractivity (Wildman–Crippen MR) is 73.2 cm³/mol. The first-order valence-corrected chi connectivity index (χ1v) is 6.39. The molecule has 15 heavy (non-hydrogen) atoms. The lowest BCUT2D eigenvalue weighted by Crippen LogP contribution is -2.35. The summed E-state index contributed by atoms with van der Waals surface area (Å²) in [6, 6.07) is 8.18. The molecule has 1 rings (SSSR count). The number of rotatable bonds is 5. The van der Waals surface area contributed by atoms with Gasteiger partial charge in [-0.05, 0) is 59.7 Å². The highest BCUT2D eigenvalue weighted by Gasteiger charge is 2.21. The Labute approximate surface area is 105 Å². The molecule has 0 unspecified atom stereocenters. The van der Waals surface area contributed by atoms with Gasteiger partial charge in [0.05, 0.1) is 5.60 Å². The van der Waals surface area contributed by atoms with Crippen LogP contribution in [0, 0.1) is 3.57 Å². The quantitative estimate of drug-likeness (QED) is 0.817. The van der Waals surface area contributed by atoms with Crippen LogP contribution in [0.2, 0.25) is 0 Å². The average molecular weight is 319 g/mol. The molecule has 0 saturated carbocycles. The van der Waals surface area contributed by atoms with Crippen molar-refractivity contribution in [3.05, 3.63) is 27.8 Å². The van der Waals surface area contributed by atoms with E-state index in [0.29, 0.717) is 6.54 Å². The predicted octanol–water partition coefficient (Wildman–Crippen LogP) is 3.25. The molecule has 0 aliphatic heterocycles. The first kappa shape index (κ1) is 12.8. The molecule has 1 aromatic carbocycles. The van der Waals surface area contributed by atoms with E-state index in [2.05, 4.69) is 40.0 Å². The first-order valence-electron chi connectivity index (χ1n) is 5.31. The fraction of sp³-hybridized carbons (Fsp3) is 0.500. The monoisotopic (exact) mass is 319 g/mol. The van der Waals surface area contributed by atoms with Gasteiger partial charge >= 0.3 is 0 Å². The van der Waals surface area contributed by atoms with Gasteiger partial charge in [0.1, 0.15) is 0 Å². The molecule has 0 aromatic heterocycles. The molecule has 0 spiro atoms. The Hall–Kier alpha value is -0.290. The van der Waals surface area contributed by atoms with Gasteiger partial charge in [-0.1, -0.05) is 13.8 Å². The van der Waals surface area contributed by atoms with Crippen LogP contribution in [0.5, 0.6) is 0 Å². The maximum Gasteiger partial charge on any atom is 0.0814 e. The molecule has 0 bridgehead atoms. The van der Waals surface area contributed by atoms with Crippen LogP contribution in [0.15, 0.2) is 24.3 Å². The SMILES string of the molecule is CCC(O)(CC)CNc1ccc(I)cc1. The van der Waals surface area contributed by atoms with Gasteiger partial charge in [-0.25, -0.2) is 0 Å². The summed E-state index contributed by atoms with van der Waals surface area (Å²) in [6.07, 6.45) is 1.56. The van der Waals surface area contributed by atoms with Crippen molar-refractivity contribution in [2.24, 2.45) is 0 Å². The van der Waals surface area contributed by atoms with Gasteiger partial charge in [-0.3, -0.25) is 0 Å². The van der Waals surface area contributed by atoms with E-state index in [-0.39, 0.29) is 0 Å². The highest BCUT2D eigenvalue weighted by atomic mass is 127. The third kappa shape index (κ3) is 3.99. The van der Waals surface area contributed by atoms with E-state index in [4.69, 9.17) is 0 Å². The van der Waals surface area contributed by atoms with E-state index in [1.807, 2.05) is 26.0 Å². The summed E-state index contributed by atoms with van der Waals surface area (Å²) in [4.78, 5) is 0. The standard InChI is InChI=1S/C12H18INO/c1-3-12(15,4-2)9-14-11-7-5-10(13)6-8-11/h5-8,14-15H,3-4,9H2,1-2H3. The molecule has 0 heterocycles. The molecular weight excluding hydrogens is 301 g/mol. The second kappa shape index (κ2) is 5.70. The third-order valence-corrected chi connectivity index (χ3v) is 3.50. The van der Waals surface area contributed by atoms with Crippen molar-refractivity contribution in [3.8, 4) is 0 Å². The van der Waals surface area contributed by atoms with Crippen LogP contribution in [-0.4, -0.2) is 17.3 Å². The van der Waals surface area contributed by atoms with E-state index >= 15 is 0 Å². The largest absolute Gasteiger partial charge is 0.388 e. The first-order chi connectivity index (χ1) is 7.09. The average Bonchev–Trinajstić information content (AvgIpc) is 2.28. The van der Waals surface area contributed by atoms with Crippen molar-refractivity contribution in [2.75, 3.05) is 11.9 Å². The summed E-state index contributed by atoms with van der Waals surface area (Å²) < 4.78 is 1.22. The van der Waals surface area contributed by atoms with Gasteiger partial charge in [0.25, 0.3) is 0 Å². The van der Waals surface area contributed by atoms with Crippen LogP contribution in [0.1, 0.15) is 26.7 Å². The van der Waals surface area contributed by atoms with Crippen molar-refractivity contribution >= 4 is 28.3 Å². The minimum absolute atomic E-state index is 0.580. The van der Waals surface area contributed by atoms with Crippen molar-refractivity contribution < 1.29 is 5.11 Å². The van der Waals surface area contributed by atoms with Crippen molar-refractivity contribution in [1.29, 1.82) is 0 Å². The number of nitrogens with one attached hydrogen (secondary N) is 1. The summed E-state index contributed by atoms with van der Waals surface area (Å²) in [7, 11) is 0. The van der Waals surface area contributed by atoms with E-state index in [1.165, 1.54) is 3.57 Å². The van der Waals surface area contributed by atoms with Gasteiger partial charge in [-0.2, -0.15) is 0 Å². The van der Waals surface area contributed by atoms with Gasteiger partial charge < -0.3 is 10.4 Å². The minimum Gasteiger partial charge on any atom is -0.388 e. The maximum atomic E-state index is 10.1. The maximum absolute atomic E-state index is 10.1. The molecule has 0 radical (unpaired) electrons. The molecule has 2 N–H and O–H groups in total. The lowest BCUT2D eigenvalue weighted by Gasteiger charge is -2.25. The Morgan fingerprint density at radius 1 is 1.20 bits per heavy atom. The zero-order valence-electron chi connectivity index (χ0n) is 9.26. The zero-order chi connectivity index (χ0) is 11.3. The van der Waals surface area contributed by atoms with Crippen LogP contribution in [0.3, 0.4) is 0 Å². The van der Waals surface area contributed by atoms with E-state index in [0.717, 1.165) is 18.5 Å². The Bertz CT molecular complexity index is 293. The normalized spacial score (nSPS) is 11.5. The van der Waals surface area contributed by atoms with Crippen LogP contribution in [0.25, 0.3) is 0 Å². The summed E-state index contributed by atoms with van der Waals surface area (Å²) in [5.74, 6) is 0. The number of aliphatic hydroxyl groups is 1. The highest BCUT2D eigenvalue weighted by Crippen LogP contribution is 2.17. The van der Waals surface area contributed by atoms with Crippen molar-refractivity contribution in [2.45, 2.75) is 32.3 Å². The molecule has 0 fully saturated rings. The van der Waals surface area contributed by atoms with Crippen LogP contribution < -0.4 is 5.32 Å². The van der Waals surface area contributed by atoms with E-state index in [1.54, 1.807) is 0 Å². The molecule has 84 valence electrons. The molecule has 0 amide bonds. The van der Waals surface area contributed by atoms with Crippen LogP contribution in [0.4, 0.5) is 5.69 Å². The Morgan fingerprint density at radius 2 is 1.73 bits per heavy atom. The fourth-order valence-electron chi connectivity index (χ4n) is 1.33. The number of benzene rings is 1. The van der Waals surface area contributed by atoms with Crippen LogP contribution >= 0.6 is 22.6 Å². The van der Waals surface area contributed by atoms with Gasteiger partial charge in [0.15, 0.2) is 0 Å². The number of hydrogen-bond donors (Lipinski definition) is 2. The lowest BCUT2D eigenvalue weighted by atomic mass is 9.97. The Morgan fingerprint density at radius 3 is 2.20 bits per heavy atom. The van der Waals surface area contributed by atoms with E-state index in [9.17, 15) is 5.11 Å². The molecule has 2 nitrogen and oxygen atoms in total. The second-order valence-corrected chi connectivity index (χ2v) is 5.04. The number of anilines is 1. The van der Waals surface area contributed by atoms with Crippen molar-refractivity contribution in [1.82, 2.24) is 0 Å². The Kier molecular flexibility index (Phi) is 4.86. The second-order valence-electron chi connectivity index (χ2n) is 3.79. The van der Waals surface area contributed by atoms with Crippen molar-refractivity contribution in [3.63, 3.8) is 0 Å². The van der Waals surface area contributed by atoms with Gasteiger partial charge in [-0.15, -0.1) is 0 Å². The number of halogens is 1. The van der Waals surface area contributed by atoms with Gasteiger partial charge in [0, 0.05) is 15.8 Å². The zero-order valence-corrected chi connectivity index (χ0v) is 11.4.